The third kappa shape index (κ3) is 4.84. The maximum atomic E-state index is 12.8. The normalized spacial score (nSPS) is 13.0. The average molecular weight is 428 g/mol. The Morgan fingerprint density at radius 2 is 1.81 bits per heavy atom. The molecular weight excluding hydrogens is 398 g/mol. The van der Waals surface area contributed by atoms with Crippen LogP contribution in [0.4, 0.5) is 5.69 Å². The molecule has 1 amide bonds. The molecule has 0 fully saturated rings. The molecule has 0 aliphatic heterocycles. The van der Waals surface area contributed by atoms with E-state index in [1.807, 2.05) is 56.3 Å². The quantitative estimate of drug-likeness (QED) is 0.361. The highest BCUT2D eigenvalue weighted by Gasteiger charge is 2.21. The van der Waals surface area contributed by atoms with Gasteiger partial charge in [-0.25, -0.2) is 0 Å². The lowest BCUT2D eigenvalue weighted by Gasteiger charge is -2.21. The highest BCUT2D eigenvalue weighted by atomic mass is 16.5. The summed E-state index contributed by atoms with van der Waals surface area (Å²) in [6.07, 6.45) is 2.07. The fourth-order valence-corrected chi connectivity index (χ4v) is 3.99. The molecule has 5 heteroatoms. The molecule has 5 nitrogen and oxygen atoms in total. The molecule has 0 saturated heterocycles. The van der Waals surface area contributed by atoms with E-state index in [4.69, 9.17) is 4.74 Å². The van der Waals surface area contributed by atoms with Crippen molar-refractivity contribution in [2.24, 2.45) is 0 Å². The number of ether oxygens (including phenoxy) is 1. The Kier molecular flexibility index (Phi) is 6.57. The second-order valence-electron chi connectivity index (χ2n) is 8.10. The van der Waals surface area contributed by atoms with Crippen molar-refractivity contribution >= 4 is 22.5 Å². The van der Waals surface area contributed by atoms with Gasteiger partial charge in [-0.15, -0.1) is 0 Å². The van der Waals surface area contributed by atoms with Gasteiger partial charge in [0.1, 0.15) is 5.75 Å². The molecule has 1 aromatic heterocycles. The number of aryl methyl sites for hydroxylation is 1. The van der Waals surface area contributed by atoms with E-state index in [0.717, 1.165) is 28.1 Å². The van der Waals surface area contributed by atoms with E-state index in [-0.39, 0.29) is 17.9 Å². The SMILES string of the molecule is COc1ccc([C@H](CN[C@@H](C)C(=O)Nc2cccc(C)c2)c2c[nH]c3ccccc23)cc1. The molecule has 0 radical (unpaired) electrons. The lowest BCUT2D eigenvalue weighted by molar-refractivity contribution is -0.117. The zero-order valence-electron chi connectivity index (χ0n) is 18.7. The van der Waals surface area contributed by atoms with Crippen LogP contribution >= 0.6 is 0 Å². The van der Waals surface area contributed by atoms with E-state index in [9.17, 15) is 4.79 Å². The summed E-state index contributed by atoms with van der Waals surface area (Å²) in [5.41, 5.74) is 5.39. The third-order valence-electron chi connectivity index (χ3n) is 5.82. The summed E-state index contributed by atoms with van der Waals surface area (Å²) in [6.45, 7) is 4.53. The third-order valence-corrected chi connectivity index (χ3v) is 5.82. The number of hydrogen-bond donors (Lipinski definition) is 3. The molecule has 3 aromatic carbocycles. The van der Waals surface area contributed by atoms with Crippen LogP contribution in [0.25, 0.3) is 10.9 Å². The van der Waals surface area contributed by atoms with Gasteiger partial charge in [0, 0.05) is 35.2 Å². The number of anilines is 1. The number of rotatable bonds is 8. The fraction of sp³-hybridized carbons (Fsp3) is 0.222. The number of methoxy groups -OCH3 is 1. The Bertz CT molecular complexity index is 1200. The van der Waals surface area contributed by atoms with Gasteiger partial charge in [-0.3, -0.25) is 4.79 Å². The molecule has 0 saturated carbocycles. The van der Waals surface area contributed by atoms with Gasteiger partial charge in [-0.05, 0) is 60.9 Å². The zero-order chi connectivity index (χ0) is 22.5. The molecule has 32 heavy (non-hydrogen) atoms. The van der Waals surface area contributed by atoms with Crippen molar-refractivity contribution in [3.05, 3.63) is 95.7 Å². The number of hydrogen-bond acceptors (Lipinski definition) is 3. The van der Waals surface area contributed by atoms with Gasteiger partial charge in [-0.2, -0.15) is 0 Å². The van der Waals surface area contributed by atoms with Crippen LogP contribution in [0.1, 0.15) is 29.5 Å². The first-order valence-corrected chi connectivity index (χ1v) is 10.9. The number of H-pyrrole nitrogens is 1. The van der Waals surface area contributed by atoms with Crippen LogP contribution in [0.15, 0.2) is 79.0 Å². The minimum atomic E-state index is -0.346. The van der Waals surface area contributed by atoms with E-state index in [1.54, 1.807) is 7.11 Å². The molecule has 1 heterocycles. The summed E-state index contributed by atoms with van der Waals surface area (Å²) in [4.78, 5) is 16.1. The summed E-state index contributed by atoms with van der Waals surface area (Å²) < 4.78 is 5.33. The van der Waals surface area contributed by atoms with Crippen LogP contribution < -0.4 is 15.4 Å². The molecule has 0 bridgehead atoms. The van der Waals surface area contributed by atoms with Crippen LogP contribution in [0.2, 0.25) is 0 Å². The van der Waals surface area contributed by atoms with E-state index in [0.29, 0.717) is 6.54 Å². The van der Waals surface area contributed by atoms with Crippen molar-refractivity contribution in [2.75, 3.05) is 19.0 Å². The predicted molar refractivity (Wildman–Crippen MR) is 130 cm³/mol. The summed E-state index contributed by atoms with van der Waals surface area (Å²) in [7, 11) is 1.67. The average Bonchev–Trinajstić information content (AvgIpc) is 3.23. The Morgan fingerprint density at radius 3 is 2.56 bits per heavy atom. The largest absolute Gasteiger partial charge is 0.497 e. The summed E-state index contributed by atoms with van der Waals surface area (Å²) in [5.74, 6) is 0.847. The molecule has 2 atom stereocenters. The number of fused-ring (bicyclic) bond motifs is 1. The van der Waals surface area contributed by atoms with E-state index in [2.05, 4.69) is 52.1 Å². The molecule has 164 valence electrons. The molecule has 3 N–H and O–H groups in total. The minimum absolute atomic E-state index is 0.0528. The van der Waals surface area contributed by atoms with Crippen molar-refractivity contribution in [3.63, 3.8) is 0 Å². The Labute approximate surface area is 188 Å². The van der Waals surface area contributed by atoms with Crippen LogP contribution in [0.3, 0.4) is 0 Å². The van der Waals surface area contributed by atoms with Crippen molar-refractivity contribution < 1.29 is 9.53 Å². The smallest absolute Gasteiger partial charge is 0.241 e. The highest BCUT2D eigenvalue weighted by Crippen LogP contribution is 2.31. The standard InChI is InChI=1S/C27H29N3O2/c1-18-7-6-8-21(15-18)30-27(31)19(2)28-16-24(20-11-13-22(32-3)14-12-20)25-17-29-26-10-5-4-9-23(25)26/h4-15,17,19,24,28-29H,16H2,1-3H3,(H,30,31)/t19-,24-/m0/s1. The second kappa shape index (κ2) is 9.71. The molecular formula is C27H29N3O2. The van der Waals surface area contributed by atoms with Gasteiger partial charge in [0.05, 0.1) is 13.2 Å². The molecule has 4 rings (SSSR count). The number of para-hydroxylation sites is 1. The van der Waals surface area contributed by atoms with Gasteiger partial charge >= 0.3 is 0 Å². The Morgan fingerprint density at radius 1 is 1.03 bits per heavy atom. The molecule has 0 aliphatic rings. The first kappa shape index (κ1) is 21.7. The number of carbonyl (C=O) groups is 1. The van der Waals surface area contributed by atoms with Crippen LogP contribution in [0.5, 0.6) is 5.75 Å². The van der Waals surface area contributed by atoms with Gasteiger partial charge in [-0.1, -0.05) is 42.5 Å². The predicted octanol–water partition coefficient (Wildman–Crippen LogP) is 5.23. The maximum Gasteiger partial charge on any atom is 0.241 e. The monoisotopic (exact) mass is 427 g/mol. The maximum absolute atomic E-state index is 12.8. The van der Waals surface area contributed by atoms with Crippen molar-refractivity contribution in [1.82, 2.24) is 10.3 Å². The second-order valence-corrected chi connectivity index (χ2v) is 8.10. The summed E-state index contributed by atoms with van der Waals surface area (Å²) in [6, 6.07) is 23.9. The Balaban J connectivity index is 1.54. The lowest BCUT2D eigenvalue weighted by atomic mass is 9.90. The molecule has 0 unspecified atom stereocenters. The van der Waals surface area contributed by atoms with Crippen molar-refractivity contribution in [1.29, 1.82) is 0 Å². The van der Waals surface area contributed by atoms with Gasteiger partial charge in [0.2, 0.25) is 5.91 Å². The molecule has 0 spiro atoms. The zero-order valence-corrected chi connectivity index (χ0v) is 18.7. The van der Waals surface area contributed by atoms with Gasteiger partial charge in [0.15, 0.2) is 0 Å². The van der Waals surface area contributed by atoms with Gasteiger partial charge in [0.25, 0.3) is 0 Å². The van der Waals surface area contributed by atoms with E-state index < -0.39 is 0 Å². The molecule has 0 aliphatic carbocycles. The van der Waals surface area contributed by atoms with E-state index in [1.165, 1.54) is 10.9 Å². The van der Waals surface area contributed by atoms with Crippen LogP contribution in [0, 0.1) is 6.92 Å². The number of benzene rings is 3. The molecule has 4 aromatic rings. The first-order chi connectivity index (χ1) is 15.5. The highest BCUT2D eigenvalue weighted by molar-refractivity contribution is 5.94. The fourth-order valence-electron chi connectivity index (χ4n) is 3.99. The number of amides is 1. The Hall–Kier alpha value is -3.57. The van der Waals surface area contributed by atoms with Crippen LogP contribution in [-0.2, 0) is 4.79 Å². The minimum Gasteiger partial charge on any atom is -0.497 e. The topological polar surface area (TPSA) is 66.2 Å². The number of carbonyl (C=O) groups excluding carboxylic acids is 1. The summed E-state index contributed by atoms with van der Waals surface area (Å²) >= 11 is 0. The summed E-state index contributed by atoms with van der Waals surface area (Å²) in [5, 5.41) is 7.63. The van der Waals surface area contributed by atoms with E-state index >= 15 is 0 Å². The number of aromatic amines is 1. The number of aromatic nitrogens is 1. The van der Waals surface area contributed by atoms with Crippen molar-refractivity contribution in [2.45, 2.75) is 25.8 Å². The lowest BCUT2D eigenvalue weighted by Crippen LogP contribution is -2.40. The van der Waals surface area contributed by atoms with Gasteiger partial charge < -0.3 is 20.4 Å². The van der Waals surface area contributed by atoms with Crippen molar-refractivity contribution in [3.8, 4) is 5.75 Å². The first-order valence-electron chi connectivity index (χ1n) is 10.9. The number of nitrogens with one attached hydrogen (secondary N) is 3. The van der Waals surface area contributed by atoms with Crippen LogP contribution in [-0.4, -0.2) is 30.6 Å².